The van der Waals surface area contributed by atoms with E-state index in [2.05, 4.69) is 47.8 Å². The summed E-state index contributed by atoms with van der Waals surface area (Å²) < 4.78 is 16.5. The topological polar surface area (TPSA) is 39.7 Å². The fraction of sp³-hybridized carbons (Fsp3) is 0.231. The molecule has 0 spiro atoms. The van der Waals surface area contributed by atoms with E-state index in [0.717, 1.165) is 42.3 Å². The maximum atomic E-state index is 5.88. The summed E-state index contributed by atoms with van der Waals surface area (Å²) in [6.07, 6.45) is 5.12. The molecule has 0 saturated carbocycles. The van der Waals surface area contributed by atoms with Crippen molar-refractivity contribution in [1.29, 1.82) is 0 Å². The zero-order valence-electron chi connectivity index (χ0n) is 18.0. The van der Waals surface area contributed by atoms with Crippen molar-refractivity contribution in [2.24, 2.45) is 0 Å². The minimum Gasteiger partial charge on any atom is -0.493 e. The highest BCUT2D eigenvalue weighted by Crippen LogP contribution is 2.27. The fourth-order valence-corrected chi connectivity index (χ4v) is 3.10. The van der Waals surface area contributed by atoms with Crippen LogP contribution in [0.5, 0.6) is 17.2 Å². The third-order valence-electron chi connectivity index (χ3n) is 4.71. The van der Waals surface area contributed by atoms with Gasteiger partial charge >= 0.3 is 0 Å². The summed E-state index contributed by atoms with van der Waals surface area (Å²) in [6, 6.07) is 24.4. The largest absolute Gasteiger partial charge is 0.493 e. The van der Waals surface area contributed by atoms with Gasteiger partial charge in [0.05, 0.1) is 14.2 Å². The average Bonchev–Trinajstić information content (AvgIpc) is 2.80. The maximum Gasteiger partial charge on any atom is 0.160 e. The summed E-state index contributed by atoms with van der Waals surface area (Å²) in [5.41, 5.74) is 3.51. The van der Waals surface area contributed by atoms with Crippen molar-refractivity contribution in [2.45, 2.75) is 6.42 Å². The SMILES string of the molecule is COc1ccc(CCNCCOc2cccc(C=Cc3ccccc3)c2)cc1OC.Cl. The highest BCUT2D eigenvalue weighted by Gasteiger charge is 2.04. The molecule has 164 valence electrons. The zero-order valence-corrected chi connectivity index (χ0v) is 18.9. The van der Waals surface area contributed by atoms with Gasteiger partial charge in [-0.3, -0.25) is 0 Å². The van der Waals surface area contributed by atoms with Gasteiger partial charge in [0, 0.05) is 6.54 Å². The molecule has 3 aromatic rings. The minimum absolute atomic E-state index is 0. The van der Waals surface area contributed by atoms with Gasteiger partial charge in [0.2, 0.25) is 0 Å². The summed E-state index contributed by atoms with van der Waals surface area (Å²) in [6.45, 7) is 2.29. The number of rotatable bonds is 11. The smallest absolute Gasteiger partial charge is 0.160 e. The predicted molar refractivity (Wildman–Crippen MR) is 131 cm³/mol. The van der Waals surface area contributed by atoms with E-state index in [-0.39, 0.29) is 12.4 Å². The van der Waals surface area contributed by atoms with Gasteiger partial charge < -0.3 is 19.5 Å². The Hall–Kier alpha value is -2.95. The van der Waals surface area contributed by atoms with E-state index in [1.165, 1.54) is 11.1 Å². The lowest BCUT2D eigenvalue weighted by Crippen LogP contribution is -2.23. The van der Waals surface area contributed by atoms with E-state index < -0.39 is 0 Å². The first kappa shape index (κ1) is 24.3. The molecule has 0 heterocycles. The van der Waals surface area contributed by atoms with Crippen molar-refractivity contribution in [3.63, 3.8) is 0 Å². The lowest BCUT2D eigenvalue weighted by Gasteiger charge is -2.10. The van der Waals surface area contributed by atoms with Gasteiger partial charge in [0.15, 0.2) is 11.5 Å². The van der Waals surface area contributed by atoms with Gasteiger partial charge in [0.1, 0.15) is 12.4 Å². The van der Waals surface area contributed by atoms with Crippen LogP contribution in [0.15, 0.2) is 72.8 Å². The molecule has 31 heavy (non-hydrogen) atoms. The number of methoxy groups -OCH3 is 2. The van der Waals surface area contributed by atoms with Gasteiger partial charge in [-0.1, -0.05) is 60.7 Å². The lowest BCUT2D eigenvalue weighted by atomic mass is 10.1. The molecular weight excluding hydrogens is 410 g/mol. The number of ether oxygens (including phenoxy) is 3. The first-order chi connectivity index (χ1) is 14.8. The van der Waals surface area contributed by atoms with Crippen LogP contribution in [0.1, 0.15) is 16.7 Å². The molecule has 3 aromatic carbocycles. The van der Waals surface area contributed by atoms with Crippen LogP contribution in [0.4, 0.5) is 0 Å². The minimum atomic E-state index is 0. The highest BCUT2D eigenvalue weighted by molar-refractivity contribution is 5.85. The Labute approximate surface area is 191 Å². The van der Waals surface area contributed by atoms with E-state index in [4.69, 9.17) is 14.2 Å². The molecule has 0 amide bonds. The molecular formula is C26H30ClNO3. The molecule has 0 bridgehead atoms. The van der Waals surface area contributed by atoms with E-state index in [0.29, 0.717) is 6.61 Å². The van der Waals surface area contributed by atoms with Crippen LogP contribution in [-0.4, -0.2) is 33.9 Å². The summed E-state index contributed by atoms with van der Waals surface area (Å²) >= 11 is 0. The molecule has 0 aliphatic rings. The van der Waals surface area contributed by atoms with Crippen LogP contribution in [0.2, 0.25) is 0 Å². The molecule has 0 fully saturated rings. The van der Waals surface area contributed by atoms with Crippen LogP contribution in [0.3, 0.4) is 0 Å². The zero-order chi connectivity index (χ0) is 21.0. The lowest BCUT2D eigenvalue weighted by molar-refractivity contribution is 0.314. The molecule has 0 aliphatic carbocycles. The summed E-state index contributed by atoms with van der Waals surface area (Å²) in [5.74, 6) is 2.40. The predicted octanol–water partition coefficient (Wildman–Crippen LogP) is 5.51. The van der Waals surface area contributed by atoms with Gasteiger partial charge in [-0.25, -0.2) is 0 Å². The summed E-state index contributed by atoms with van der Waals surface area (Å²) in [7, 11) is 3.30. The van der Waals surface area contributed by atoms with E-state index >= 15 is 0 Å². The van der Waals surface area contributed by atoms with Crippen LogP contribution in [0, 0.1) is 0 Å². The third kappa shape index (κ3) is 8.00. The van der Waals surface area contributed by atoms with Crippen molar-refractivity contribution in [3.8, 4) is 17.2 Å². The number of hydrogen-bond acceptors (Lipinski definition) is 4. The Morgan fingerprint density at radius 3 is 2.26 bits per heavy atom. The Bertz CT molecular complexity index is 944. The second kappa shape index (κ2) is 13.4. The Kier molecular flexibility index (Phi) is 10.5. The van der Waals surface area contributed by atoms with Gasteiger partial charge in [-0.2, -0.15) is 0 Å². The van der Waals surface area contributed by atoms with E-state index in [1.54, 1.807) is 14.2 Å². The number of hydrogen-bond donors (Lipinski definition) is 1. The van der Waals surface area contributed by atoms with Crippen molar-refractivity contribution < 1.29 is 14.2 Å². The monoisotopic (exact) mass is 439 g/mol. The van der Waals surface area contributed by atoms with Crippen LogP contribution >= 0.6 is 12.4 Å². The van der Waals surface area contributed by atoms with E-state index in [1.807, 2.05) is 42.5 Å². The standard InChI is InChI=1S/C26H29NO3.ClH/c1-28-25-14-13-23(20-26(25)29-2)15-16-27-17-18-30-24-10-6-9-22(19-24)12-11-21-7-4-3-5-8-21;/h3-14,19-20,27H,15-18H2,1-2H3;1H. The summed E-state index contributed by atoms with van der Waals surface area (Å²) in [4.78, 5) is 0. The molecule has 0 aromatic heterocycles. The molecule has 0 radical (unpaired) electrons. The molecule has 0 unspecified atom stereocenters. The van der Waals surface area contributed by atoms with Gasteiger partial charge in [-0.05, 0) is 53.9 Å². The first-order valence-electron chi connectivity index (χ1n) is 10.2. The van der Waals surface area contributed by atoms with Crippen LogP contribution in [-0.2, 0) is 6.42 Å². The second-order valence-electron chi connectivity index (χ2n) is 6.85. The number of benzene rings is 3. The Morgan fingerprint density at radius 2 is 1.48 bits per heavy atom. The highest BCUT2D eigenvalue weighted by atomic mass is 35.5. The second-order valence-corrected chi connectivity index (χ2v) is 6.85. The average molecular weight is 440 g/mol. The first-order valence-corrected chi connectivity index (χ1v) is 10.2. The van der Waals surface area contributed by atoms with E-state index in [9.17, 15) is 0 Å². The molecule has 0 saturated heterocycles. The normalized spacial score (nSPS) is 10.5. The maximum absolute atomic E-state index is 5.88. The molecule has 3 rings (SSSR count). The molecule has 4 nitrogen and oxygen atoms in total. The van der Waals surface area contributed by atoms with Crippen LogP contribution in [0.25, 0.3) is 12.2 Å². The summed E-state index contributed by atoms with van der Waals surface area (Å²) in [5, 5.41) is 3.42. The van der Waals surface area contributed by atoms with Crippen LogP contribution < -0.4 is 19.5 Å². The fourth-order valence-electron chi connectivity index (χ4n) is 3.10. The van der Waals surface area contributed by atoms with Crippen molar-refractivity contribution in [3.05, 3.63) is 89.5 Å². The quantitative estimate of drug-likeness (QED) is 0.316. The number of nitrogens with one attached hydrogen (secondary N) is 1. The third-order valence-corrected chi connectivity index (χ3v) is 4.71. The van der Waals surface area contributed by atoms with Gasteiger partial charge in [-0.15, -0.1) is 12.4 Å². The Balaban J connectivity index is 0.00000341. The van der Waals surface area contributed by atoms with Crippen molar-refractivity contribution in [1.82, 2.24) is 5.32 Å². The van der Waals surface area contributed by atoms with Crippen molar-refractivity contribution in [2.75, 3.05) is 33.9 Å². The Morgan fingerprint density at radius 1 is 0.742 bits per heavy atom. The molecule has 5 heteroatoms. The molecule has 0 atom stereocenters. The van der Waals surface area contributed by atoms with Crippen molar-refractivity contribution >= 4 is 24.6 Å². The van der Waals surface area contributed by atoms with Gasteiger partial charge in [0.25, 0.3) is 0 Å². The molecule has 1 N–H and O–H groups in total. The number of halogens is 1. The molecule has 0 aliphatic heterocycles.